The number of aliphatic carboxylic acids is 1. The van der Waals surface area contributed by atoms with Gasteiger partial charge in [0.25, 0.3) is 0 Å². The Morgan fingerprint density at radius 1 is 1.21 bits per heavy atom. The van der Waals surface area contributed by atoms with Gasteiger partial charge in [-0.1, -0.05) is 44.2 Å². The average Bonchev–Trinajstić information content (AvgIpc) is 2.34. The number of carboxylic acid groups (broad SMARTS) is 1. The molecule has 0 aliphatic heterocycles. The number of hydrogen-bond donors (Lipinski definition) is 1. The van der Waals surface area contributed by atoms with E-state index in [0.717, 1.165) is 5.56 Å². The first kappa shape index (κ1) is 15.2. The fourth-order valence-corrected chi connectivity index (χ4v) is 2.04. The third kappa shape index (κ3) is 4.73. The summed E-state index contributed by atoms with van der Waals surface area (Å²) in [4.78, 5) is 24.6. The summed E-state index contributed by atoms with van der Waals surface area (Å²) in [6, 6.07) is 8.58. The highest BCUT2D eigenvalue weighted by Crippen LogP contribution is 2.12. The molecule has 0 bridgehead atoms. The van der Waals surface area contributed by atoms with Crippen LogP contribution in [0.25, 0.3) is 0 Å². The predicted octanol–water partition coefficient (Wildman–Crippen LogP) is 2.19. The summed E-state index contributed by atoms with van der Waals surface area (Å²) in [7, 11) is 0. The van der Waals surface area contributed by atoms with Crippen molar-refractivity contribution in [3.05, 3.63) is 35.9 Å². The van der Waals surface area contributed by atoms with Crippen LogP contribution in [0.3, 0.4) is 0 Å². The molecule has 104 valence electrons. The molecule has 19 heavy (non-hydrogen) atoms. The van der Waals surface area contributed by atoms with Crippen LogP contribution in [-0.4, -0.2) is 34.5 Å². The molecule has 1 unspecified atom stereocenters. The summed E-state index contributed by atoms with van der Waals surface area (Å²) in [6.45, 7) is 5.82. The lowest BCUT2D eigenvalue weighted by molar-refractivity contribution is -0.149. The quantitative estimate of drug-likeness (QED) is 0.856. The molecule has 1 atom stereocenters. The van der Waals surface area contributed by atoms with Gasteiger partial charge in [-0.05, 0) is 11.5 Å². The zero-order chi connectivity index (χ0) is 14.4. The minimum Gasteiger partial charge on any atom is -0.480 e. The van der Waals surface area contributed by atoms with Crippen LogP contribution in [0.15, 0.2) is 30.3 Å². The highest BCUT2D eigenvalue weighted by Gasteiger charge is 2.28. The van der Waals surface area contributed by atoms with Gasteiger partial charge in [0.05, 0.1) is 0 Å². The van der Waals surface area contributed by atoms with Crippen LogP contribution in [-0.2, 0) is 16.0 Å². The molecule has 0 radical (unpaired) electrons. The highest BCUT2D eigenvalue weighted by molar-refractivity contribution is 5.82. The third-order valence-corrected chi connectivity index (χ3v) is 2.90. The van der Waals surface area contributed by atoms with Crippen LogP contribution in [0.5, 0.6) is 0 Å². The van der Waals surface area contributed by atoms with Crippen molar-refractivity contribution in [1.29, 1.82) is 0 Å². The van der Waals surface area contributed by atoms with Crippen LogP contribution in [0.4, 0.5) is 0 Å². The zero-order valence-corrected chi connectivity index (χ0v) is 11.7. The summed E-state index contributed by atoms with van der Waals surface area (Å²) >= 11 is 0. The van der Waals surface area contributed by atoms with E-state index in [-0.39, 0.29) is 11.8 Å². The Balaban J connectivity index is 2.91. The Kier molecular flexibility index (Phi) is 5.55. The molecular formula is C15H21NO3. The van der Waals surface area contributed by atoms with E-state index < -0.39 is 12.0 Å². The summed E-state index contributed by atoms with van der Waals surface area (Å²) in [5.74, 6) is -0.918. The van der Waals surface area contributed by atoms with E-state index >= 15 is 0 Å². The van der Waals surface area contributed by atoms with E-state index in [4.69, 9.17) is 0 Å². The van der Waals surface area contributed by atoms with Crippen LogP contribution < -0.4 is 0 Å². The number of hydrogen-bond acceptors (Lipinski definition) is 2. The van der Waals surface area contributed by atoms with Crippen LogP contribution in [0.2, 0.25) is 0 Å². The van der Waals surface area contributed by atoms with Crippen molar-refractivity contribution in [1.82, 2.24) is 4.90 Å². The van der Waals surface area contributed by atoms with Gasteiger partial charge >= 0.3 is 5.97 Å². The minimum absolute atomic E-state index is 0.197. The maximum absolute atomic E-state index is 11.7. The van der Waals surface area contributed by atoms with E-state index in [1.807, 2.05) is 44.2 Å². The van der Waals surface area contributed by atoms with Crippen LogP contribution in [0.1, 0.15) is 26.3 Å². The summed E-state index contributed by atoms with van der Waals surface area (Å²) < 4.78 is 0. The van der Waals surface area contributed by atoms with Crippen molar-refractivity contribution in [2.45, 2.75) is 33.2 Å². The molecule has 0 aliphatic carbocycles. The van der Waals surface area contributed by atoms with E-state index in [2.05, 4.69) is 0 Å². The van der Waals surface area contributed by atoms with Gasteiger partial charge < -0.3 is 10.0 Å². The first-order chi connectivity index (χ1) is 8.91. The molecule has 4 nitrogen and oxygen atoms in total. The minimum atomic E-state index is -0.959. The van der Waals surface area contributed by atoms with Crippen LogP contribution >= 0.6 is 0 Å². The number of amides is 1. The molecule has 4 heteroatoms. The topological polar surface area (TPSA) is 57.6 Å². The van der Waals surface area contributed by atoms with Gasteiger partial charge in [-0.2, -0.15) is 0 Å². The second-order valence-corrected chi connectivity index (χ2v) is 5.11. The Labute approximate surface area is 114 Å². The van der Waals surface area contributed by atoms with Gasteiger partial charge in [0.2, 0.25) is 5.91 Å². The summed E-state index contributed by atoms with van der Waals surface area (Å²) in [5.41, 5.74) is 0.921. The molecule has 0 saturated heterocycles. The predicted molar refractivity (Wildman–Crippen MR) is 73.8 cm³/mol. The van der Waals surface area contributed by atoms with Gasteiger partial charge in [-0.25, -0.2) is 4.79 Å². The van der Waals surface area contributed by atoms with E-state index in [1.165, 1.54) is 11.8 Å². The fourth-order valence-electron chi connectivity index (χ4n) is 2.04. The van der Waals surface area contributed by atoms with Crippen molar-refractivity contribution in [3.63, 3.8) is 0 Å². The molecule has 1 aromatic carbocycles. The second-order valence-electron chi connectivity index (χ2n) is 5.11. The van der Waals surface area contributed by atoms with Crippen molar-refractivity contribution in [3.8, 4) is 0 Å². The maximum atomic E-state index is 11.7. The van der Waals surface area contributed by atoms with Crippen molar-refractivity contribution in [2.75, 3.05) is 6.54 Å². The van der Waals surface area contributed by atoms with Crippen LogP contribution in [0, 0.1) is 5.92 Å². The SMILES string of the molecule is CC(=O)N(CC(C)C)C(Cc1ccccc1)C(=O)O. The fraction of sp³-hybridized carbons (Fsp3) is 0.467. The Morgan fingerprint density at radius 2 is 1.79 bits per heavy atom. The molecule has 0 aromatic heterocycles. The largest absolute Gasteiger partial charge is 0.480 e. The molecule has 1 aromatic rings. The first-order valence-corrected chi connectivity index (χ1v) is 6.45. The second kappa shape index (κ2) is 6.92. The number of rotatable bonds is 6. The first-order valence-electron chi connectivity index (χ1n) is 6.45. The molecular weight excluding hydrogens is 242 g/mol. The van der Waals surface area contributed by atoms with E-state index in [9.17, 15) is 14.7 Å². The van der Waals surface area contributed by atoms with Gasteiger partial charge in [0, 0.05) is 19.9 Å². The third-order valence-electron chi connectivity index (χ3n) is 2.90. The molecule has 1 N–H and O–H groups in total. The smallest absolute Gasteiger partial charge is 0.326 e. The van der Waals surface area contributed by atoms with Crippen molar-refractivity contribution >= 4 is 11.9 Å². The molecule has 0 saturated carbocycles. The number of benzene rings is 1. The number of carboxylic acids is 1. The van der Waals surface area contributed by atoms with E-state index in [1.54, 1.807) is 0 Å². The highest BCUT2D eigenvalue weighted by atomic mass is 16.4. The van der Waals surface area contributed by atoms with E-state index in [0.29, 0.717) is 13.0 Å². The maximum Gasteiger partial charge on any atom is 0.326 e. The summed E-state index contributed by atoms with van der Waals surface area (Å²) in [6.07, 6.45) is 0.336. The van der Waals surface area contributed by atoms with Crippen molar-refractivity contribution in [2.24, 2.45) is 5.92 Å². The number of nitrogens with zero attached hydrogens (tertiary/aromatic N) is 1. The lowest BCUT2D eigenvalue weighted by atomic mass is 10.0. The lowest BCUT2D eigenvalue weighted by Crippen LogP contribution is -2.47. The normalized spacial score (nSPS) is 12.2. The van der Waals surface area contributed by atoms with Gasteiger partial charge in [-0.15, -0.1) is 0 Å². The summed E-state index contributed by atoms with van der Waals surface area (Å²) in [5, 5.41) is 9.37. The van der Waals surface area contributed by atoms with Gasteiger partial charge in [0.15, 0.2) is 0 Å². The molecule has 1 amide bonds. The molecule has 1 rings (SSSR count). The molecule has 0 heterocycles. The molecule has 0 aliphatic rings. The number of carbonyl (C=O) groups is 2. The Hall–Kier alpha value is -1.84. The average molecular weight is 263 g/mol. The Morgan fingerprint density at radius 3 is 2.21 bits per heavy atom. The monoisotopic (exact) mass is 263 g/mol. The molecule has 0 spiro atoms. The lowest BCUT2D eigenvalue weighted by Gasteiger charge is -2.29. The Bertz CT molecular complexity index is 428. The van der Waals surface area contributed by atoms with Crippen molar-refractivity contribution < 1.29 is 14.7 Å². The number of carbonyl (C=O) groups excluding carboxylic acids is 1. The van der Waals surface area contributed by atoms with Gasteiger partial charge in [-0.3, -0.25) is 4.79 Å². The zero-order valence-electron chi connectivity index (χ0n) is 11.7. The molecule has 0 fully saturated rings. The van der Waals surface area contributed by atoms with Gasteiger partial charge in [0.1, 0.15) is 6.04 Å². The standard InChI is InChI=1S/C15H21NO3/c1-11(2)10-16(12(3)17)14(15(18)19)9-13-7-5-4-6-8-13/h4-8,11,14H,9-10H2,1-3H3,(H,18,19).